The van der Waals surface area contributed by atoms with E-state index in [0.29, 0.717) is 45.9 Å². The minimum atomic E-state index is -0.559. The summed E-state index contributed by atoms with van der Waals surface area (Å²) >= 11 is 0. The number of unbranched alkanes of at least 4 members (excludes halogenated alkanes) is 1. The van der Waals surface area contributed by atoms with Crippen LogP contribution >= 0.6 is 0 Å². The minimum Gasteiger partial charge on any atom is -0.325 e. The highest BCUT2D eigenvalue weighted by Crippen LogP contribution is 2.32. The summed E-state index contributed by atoms with van der Waals surface area (Å²) in [4.78, 5) is 32.2. The number of fused-ring (bicyclic) bond motifs is 2. The van der Waals surface area contributed by atoms with E-state index in [-0.39, 0.29) is 17.0 Å². The third-order valence-electron chi connectivity index (χ3n) is 5.08. The van der Waals surface area contributed by atoms with Gasteiger partial charge in [0.1, 0.15) is 16.9 Å². The number of hydrogen-bond donors (Lipinski definition) is 3. The van der Waals surface area contributed by atoms with Crippen molar-refractivity contribution < 1.29 is 9.18 Å². The molecule has 5 rings (SSSR count). The van der Waals surface area contributed by atoms with Gasteiger partial charge in [0, 0.05) is 24.4 Å². The Morgan fingerprint density at radius 3 is 2.94 bits per heavy atom. The monoisotopic (exact) mass is 430 g/mol. The van der Waals surface area contributed by atoms with Crippen molar-refractivity contribution in [2.45, 2.75) is 26.2 Å². The Morgan fingerprint density at radius 1 is 1.19 bits per heavy atom. The van der Waals surface area contributed by atoms with Crippen LogP contribution in [0.2, 0.25) is 0 Å². The summed E-state index contributed by atoms with van der Waals surface area (Å²) in [7, 11) is 0. The molecule has 0 aromatic carbocycles. The second-order valence-corrected chi connectivity index (χ2v) is 7.35. The Hall–Kier alpha value is -4.21. The third-order valence-corrected chi connectivity index (χ3v) is 5.08. The molecule has 0 unspecified atom stereocenters. The van der Waals surface area contributed by atoms with E-state index in [0.717, 1.165) is 12.8 Å². The highest BCUT2D eigenvalue weighted by atomic mass is 19.1. The first-order chi connectivity index (χ1) is 15.6. The van der Waals surface area contributed by atoms with Crippen LogP contribution in [0.4, 0.5) is 10.1 Å². The summed E-state index contributed by atoms with van der Waals surface area (Å²) in [6.45, 7) is 2.02. The second kappa shape index (κ2) is 8.14. The molecule has 0 radical (unpaired) electrons. The topological polar surface area (TPSA) is 125 Å². The van der Waals surface area contributed by atoms with E-state index in [1.54, 1.807) is 18.3 Å². The van der Waals surface area contributed by atoms with Crippen molar-refractivity contribution >= 4 is 33.7 Å². The molecule has 0 fully saturated rings. The normalized spacial score (nSPS) is 11.3. The van der Waals surface area contributed by atoms with E-state index in [1.807, 2.05) is 13.0 Å². The quantitative estimate of drug-likeness (QED) is 0.370. The van der Waals surface area contributed by atoms with E-state index in [9.17, 15) is 4.79 Å². The van der Waals surface area contributed by atoms with Gasteiger partial charge in [-0.15, -0.1) is 0 Å². The first-order valence-electron chi connectivity index (χ1n) is 10.2. The molecule has 5 heterocycles. The first-order valence-corrected chi connectivity index (χ1v) is 10.2. The van der Waals surface area contributed by atoms with Crippen molar-refractivity contribution in [1.82, 2.24) is 35.1 Å². The number of aromatic nitrogens is 7. The smallest absolute Gasteiger partial charge is 0.224 e. The Kier molecular flexibility index (Phi) is 5.02. The highest BCUT2D eigenvalue weighted by Gasteiger charge is 2.20. The van der Waals surface area contributed by atoms with Gasteiger partial charge >= 0.3 is 0 Å². The Labute approximate surface area is 181 Å². The zero-order valence-corrected chi connectivity index (χ0v) is 17.2. The van der Waals surface area contributed by atoms with Crippen LogP contribution in [0.25, 0.3) is 44.8 Å². The highest BCUT2D eigenvalue weighted by molar-refractivity contribution is 5.95. The summed E-state index contributed by atoms with van der Waals surface area (Å²) < 4.78 is 15.7. The van der Waals surface area contributed by atoms with Crippen molar-refractivity contribution in [3.05, 3.63) is 48.8 Å². The predicted molar refractivity (Wildman–Crippen MR) is 118 cm³/mol. The number of hydrogen-bond acceptors (Lipinski definition) is 6. The lowest BCUT2D eigenvalue weighted by Gasteiger charge is -2.08. The van der Waals surface area contributed by atoms with Crippen molar-refractivity contribution in [3.8, 4) is 22.8 Å². The number of aromatic amines is 2. The van der Waals surface area contributed by atoms with E-state index in [1.165, 1.54) is 18.6 Å². The molecule has 0 aliphatic rings. The third kappa shape index (κ3) is 3.55. The van der Waals surface area contributed by atoms with Gasteiger partial charge < -0.3 is 10.3 Å². The number of carbonyl (C=O) groups is 1. The zero-order chi connectivity index (χ0) is 22.1. The van der Waals surface area contributed by atoms with Gasteiger partial charge in [-0.3, -0.25) is 19.9 Å². The summed E-state index contributed by atoms with van der Waals surface area (Å²) in [6, 6.07) is 5.24. The molecule has 9 nitrogen and oxygen atoms in total. The lowest BCUT2D eigenvalue weighted by molar-refractivity contribution is -0.116. The van der Waals surface area contributed by atoms with Crippen LogP contribution in [-0.2, 0) is 4.79 Å². The number of nitrogens with one attached hydrogen (secondary N) is 3. The summed E-state index contributed by atoms with van der Waals surface area (Å²) in [6.07, 6.45) is 8.33. The van der Waals surface area contributed by atoms with E-state index in [4.69, 9.17) is 0 Å². The van der Waals surface area contributed by atoms with Gasteiger partial charge in [0.2, 0.25) is 5.91 Å². The molecule has 0 aliphatic heterocycles. The van der Waals surface area contributed by atoms with Crippen molar-refractivity contribution in [2.75, 3.05) is 5.32 Å². The molecule has 5 aromatic heterocycles. The number of amides is 1. The summed E-state index contributed by atoms with van der Waals surface area (Å²) in [5.41, 5.74) is 3.04. The fraction of sp³-hybridized carbons (Fsp3) is 0.182. The fourth-order valence-electron chi connectivity index (χ4n) is 3.50. The van der Waals surface area contributed by atoms with Crippen molar-refractivity contribution in [3.63, 3.8) is 0 Å². The molecule has 0 aliphatic carbocycles. The number of anilines is 1. The number of imidazole rings is 1. The number of halogens is 1. The maximum absolute atomic E-state index is 15.7. The number of nitrogens with zero attached hydrogens (tertiary/aromatic N) is 5. The molecule has 0 saturated carbocycles. The van der Waals surface area contributed by atoms with Gasteiger partial charge in [0.15, 0.2) is 17.3 Å². The average Bonchev–Trinajstić information content (AvgIpc) is 3.42. The summed E-state index contributed by atoms with van der Waals surface area (Å²) in [5.74, 6) is -0.266. The van der Waals surface area contributed by atoms with E-state index < -0.39 is 5.82 Å². The van der Waals surface area contributed by atoms with E-state index >= 15 is 4.39 Å². The maximum atomic E-state index is 15.7. The fourth-order valence-corrected chi connectivity index (χ4v) is 3.50. The molecule has 5 aromatic rings. The number of H-pyrrole nitrogens is 2. The largest absolute Gasteiger partial charge is 0.325 e. The first kappa shape index (κ1) is 19.7. The molecule has 1 amide bonds. The average molecular weight is 430 g/mol. The van der Waals surface area contributed by atoms with Crippen LogP contribution in [0.3, 0.4) is 0 Å². The SMILES string of the molecule is CCCCC(=O)Nc1cncc(-c2ncc3[nH]nc(-c4nc5cccnc5[nH]4)c3c2F)c1. The van der Waals surface area contributed by atoms with Crippen LogP contribution in [-0.4, -0.2) is 41.0 Å². The molecule has 0 atom stereocenters. The Balaban J connectivity index is 1.55. The molecule has 160 valence electrons. The maximum Gasteiger partial charge on any atom is 0.224 e. The van der Waals surface area contributed by atoms with Gasteiger partial charge in [-0.2, -0.15) is 5.10 Å². The number of carbonyl (C=O) groups excluding carboxylic acids is 1. The summed E-state index contributed by atoms with van der Waals surface area (Å²) in [5, 5.41) is 10.1. The van der Waals surface area contributed by atoms with Gasteiger partial charge in [0.25, 0.3) is 0 Å². The predicted octanol–water partition coefficient (Wildman–Crippen LogP) is 4.23. The minimum absolute atomic E-state index is 0.103. The molecule has 0 spiro atoms. The molecular weight excluding hydrogens is 411 g/mol. The molecule has 10 heteroatoms. The lowest BCUT2D eigenvalue weighted by atomic mass is 10.1. The molecule has 3 N–H and O–H groups in total. The molecular formula is C22H19FN8O. The van der Waals surface area contributed by atoms with Gasteiger partial charge in [0.05, 0.1) is 29.0 Å². The van der Waals surface area contributed by atoms with Crippen LogP contribution < -0.4 is 5.32 Å². The van der Waals surface area contributed by atoms with Crippen LogP contribution in [0.15, 0.2) is 43.0 Å². The lowest BCUT2D eigenvalue weighted by Crippen LogP contribution is -2.11. The van der Waals surface area contributed by atoms with Crippen LogP contribution in [0, 0.1) is 5.82 Å². The van der Waals surface area contributed by atoms with Crippen LogP contribution in [0.1, 0.15) is 26.2 Å². The zero-order valence-electron chi connectivity index (χ0n) is 17.2. The standard InChI is InChI=1S/C22H19FN8O/c1-2-3-6-16(32)27-13-8-12(9-24-10-13)19-18(23)17-15(11-26-19)30-31-20(17)22-28-14-5-4-7-25-21(14)29-22/h4-5,7-11H,2-3,6H2,1H3,(H,27,32)(H,30,31)(H,25,28,29). The molecule has 0 saturated heterocycles. The van der Waals surface area contributed by atoms with Gasteiger partial charge in [-0.25, -0.2) is 14.4 Å². The van der Waals surface area contributed by atoms with Crippen molar-refractivity contribution in [1.29, 1.82) is 0 Å². The Morgan fingerprint density at radius 2 is 2.09 bits per heavy atom. The number of pyridine rings is 3. The Bertz CT molecular complexity index is 1410. The molecule has 32 heavy (non-hydrogen) atoms. The molecule has 0 bridgehead atoms. The van der Waals surface area contributed by atoms with Gasteiger partial charge in [-0.1, -0.05) is 13.3 Å². The van der Waals surface area contributed by atoms with E-state index in [2.05, 4.69) is 40.4 Å². The number of rotatable bonds is 6. The second-order valence-electron chi connectivity index (χ2n) is 7.35. The van der Waals surface area contributed by atoms with Gasteiger partial charge in [-0.05, 0) is 24.6 Å². The van der Waals surface area contributed by atoms with Crippen molar-refractivity contribution in [2.24, 2.45) is 0 Å². The van der Waals surface area contributed by atoms with Crippen LogP contribution in [0.5, 0.6) is 0 Å².